The molecular formula is C18H18N2O4. The van der Waals surface area contributed by atoms with Crippen molar-refractivity contribution in [3.05, 3.63) is 65.1 Å². The zero-order valence-corrected chi connectivity index (χ0v) is 13.5. The van der Waals surface area contributed by atoms with E-state index >= 15 is 0 Å². The van der Waals surface area contributed by atoms with Crippen LogP contribution in [-0.4, -0.2) is 16.4 Å². The molecule has 1 aromatic heterocycles. The maximum absolute atomic E-state index is 12.0. The van der Waals surface area contributed by atoms with Crippen molar-refractivity contribution in [2.75, 3.05) is 6.61 Å². The van der Waals surface area contributed by atoms with E-state index in [9.17, 15) is 4.79 Å². The predicted molar refractivity (Wildman–Crippen MR) is 88.9 cm³/mol. The Labute approximate surface area is 139 Å². The summed E-state index contributed by atoms with van der Waals surface area (Å²) < 4.78 is 17.3. The van der Waals surface area contributed by atoms with E-state index in [1.54, 1.807) is 24.3 Å². The van der Waals surface area contributed by atoms with Gasteiger partial charge in [0.1, 0.15) is 11.5 Å². The van der Waals surface area contributed by atoms with Gasteiger partial charge in [0.05, 0.1) is 12.3 Å². The summed E-state index contributed by atoms with van der Waals surface area (Å²) in [4.78, 5) is 12.0. The number of para-hydroxylation sites is 1. The van der Waals surface area contributed by atoms with E-state index in [-0.39, 0.29) is 6.08 Å². The maximum Gasteiger partial charge on any atom is 0.444 e. The Morgan fingerprint density at radius 3 is 2.58 bits per heavy atom. The Morgan fingerprint density at radius 2 is 1.83 bits per heavy atom. The minimum atomic E-state index is -0.606. The Balaban J connectivity index is 1.82. The second-order valence-electron chi connectivity index (χ2n) is 5.66. The van der Waals surface area contributed by atoms with Crippen LogP contribution in [0.1, 0.15) is 13.8 Å². The van der Waals surface area contributed by atoms with Gasteiger partial charge in [0.2, 0.25) is 0 Å². The molecule has 0 N–H and O–H groups in total. The molecule has 0 radical (unpaired) electrons. The number of benzene rings is 2. The third kappa shape index (κ3) is 3.84. The van der Waals surface area contributed by atoms with Gasteiger partial charge in [0.25, 0.3) is 0 Å². The summed E-state index contributed by atoms with van der Waals surface area (Å²) in [6.07, 6.45) is -0.0388. The molecule has 6 heteroatoms. The normalized spacial score (nSPS) is 10.8. The zero-order chi connectivity index (χ0) is 16.9. The van der Waals surface area contributed by atoms with Crippen LogP contribution in [0.3, 0.4) is 0 Å². The second kappa shape index (κ2) is 7.04. The number of ether oxygens (including phenoxy) is 2. The molecule has 0 atom stereocenters. The summed E-state index contributed by atoms with van der Waals surface area (Å²) in [5, 5.41) is 4.06. The fourth-order valence-electron chi connectivity index (χ4n) is 2.02. The first-order valence-electron chi connectivity index (χ1n) is 7.68. The van der Waals surface area contributed by atoms with Gasteiger partial charge in [-0.15, -0.1) is 0 Å². The minimum Gasteiger partial charge on any atom is -0.457 e. The highest BCUT2D eigenvalue weighted by Crippen LogP contribution is 2.23. The first-order valence-corrected chi connectivity index (χ1v) is 7.68. The van der Waals surface area contributed by atoms with Crippen molar-refractivity contribution in [1.82, 2.24) is 9.78 Å². The summed E-state index contributed by atoms with van der Waals surface area (Å²) in [5.74, 6) is 1.01. The first-order chi connectivity index (χ1) is 11.6. The number of hydrogen-bond donors (Lipinski definition) is 0. The molecule has 0 amide bonds. The van der Waals surface area contributed by atoms with Gasteiger partial charge in [0, 0.05) is 6.07 Å². The Morgan fingerprint density at radius 1 is 1.08 bits per heavy atom. The topological polar surface area (TPSA) is 66.5 Å². The van der Waals surface area contributed by atoms with Crippen LogP contribution in [0.15, 0.2) is 63.8 Å². The summed E-state index contributed by atoms with van der Waals surface area (Å²) in [5.41, 5.74) is 0.538. The molecule has 0 aliphatic rings. The molecule has 0 spiro atoms. The van der Waals surface area contributed by atoms with E-state index in [2.05, 4.69) is 5.10 Å². The summed E-state index contributed by atoms with van der Waals surface area (Å²) >= 11 is 0. The van der Waals surface area contributed by atoms with E-state index in [1.165, 1.54) is 0 Å². The van der Waals surface area contributed by atoms with Crippen LogP contribution in [-0.2, 0) is 0 Å². The molecule has 1 heterocycles. The lowest BCUT2D eigenvalue weighted by Crippen LogP contribution is -2.13. The molecule has 0 aliphatic carbocycles. The summed E-state index contributed by atoms with van der Waals surface area (Å²) in [7, 11) is 0. The summed E-state index contributed by atoms with van der Waals surface area (Å²) in [6.45, 7) is 4.43. The van der Waals surface area contributed by atoms with Crippen molar-refractivity contribution < 1.29 is 13.9 Å². The molecule has 0 bridgehead atoms. The Bertz CT molecular complexity index is 853. The summed E-state index contributed by atoms with van der Waals surface area (Å²) in [6, 6.07) is 16.4. The molecule has 24 heavy (non-hydrogen) atoms. The highest BCUT2D eigenvalue weighted by molar-refractivity contribution is 5.40. The molecule has 3 aromatic rings. The van der Waals surface area contributed by atoms with E-state index < -0.39 is 5.76 Å². The van der Waals surface area contributed by atoms with Gasteiger partial charge in [-0.25, -0.2) is 4.79 Å². The molecule has 2 aromatic carbocycles. The third-order valence-electron chi connectivity index (χ3n) is 3.11. The van der Waals surface area contributed by atoms with Gasteiger partial charge in [0.15, 0.2) is 0 Å². The molecule has 6 nitrogen and oxygen atoms in total. The van der Waals surface area contributed by atoms with Crippen molar-refractivity contribution >= 4 is 0 Å². The van der Waals surface area contributed by atoms with Crippen molar-refractivity contribution in [3.8, 4) is 23.3 Å². The van der Waals surface area contributed by atoms with E-state index in [4.69, 9.17) is 13.9 Å². The lowest BCUT2D eigenvalue weighted by atomic mass is 10.2. The van der Waals surface area contributed by atoms with Crippen molar-refractivity contribution in [2.24, 2.45) is 5.92 Å². The fraction of sp³-hybridized carbons (Fsp3) is 0.222. The van der Waals surface area contributed by atoms with Crippen LogP contribution < -0.4 is 15.2 Å². The zero-order valence-electron chi connectivity index (χ0n) is 13.5. The lowest BCUT2D eigenvalue weighted by Gasteiger charge is -2.06. The quantitative estimate of drug-likeness (QED) is 0.691. The van der Waals surface area contributed by atoms with Gasteiger partial charge in [-0.2, -0.15) is 4.68 Å². The van der Waals surface area contributed by atoms with Gasteiger partial charge < -0.3 is 13.9 Å². The molecular weight excluding hydrogens is 308 g/mol. The van der Waals surface area contributed by atoms with Crippen molar-refractivity contribution in [1.29, 1.82) is 0 Å². The third-order valence-corrected chi connectivity index (χ3v) is 3.11. The standard InChI is InChI=1S/C18H18N2O4/c1-13(2)12-22-17-19-20(18(21)24-17)14-7-6-10-16(11-14)23-15-8-4-3-5-9-15/h3-11,13H,12H2,1-2H3. The van der Waals surface area contributed by atoms with Crippen LogP contribution in [0.4, 0.5) is 0 Å². The van der Waals surface area contributed by atoms with Crippen LogP contribution in [0.5, 0.6) is 17.6 Å². The highest BCUT2D eigenvalue weighted by atomic mass is 16.6. The molecule has 0 unspecified atom stereocenters. The lowest BCUT2D eigenvalue weighted by molar-refractivity contribution is 0.198. The smallest absolute Gasteiger partial charge is 0.444 e. The van der Waals surface area contributed by atoms with Gasteiger partial charge in [-0.1, -0.05) is 43.2 Å². The monoisotopic (exact) mass is 326 g/mol. The fourth-order valence-corrected chi connectivity index (χ4v) is 2.02. The molecule has 0 fully saturated rings. The van der Waals surface area contributed by atoms with E-state index in [0.717, 1.165) is 4.68 Å². The molecule has 0 aliphatic heterocycles. The van der Waals surface area contributed by atoms with Crippen molar-refractivity contribution in [3.63, 3.8) is 0 Å². The number of hydrogen-bond acceptors (Lipinski definition) is 5. The van der Waals surface area contributed by atoms with Crippen LogP contribution in [0, 0.1) is 5.92 Å². The first kappa shape index (κ1) is 15.9. The Kier molecular flexibility index (Phi) is 4.65. The Hall–Kier alpha value is -3.02. The van der Waals surface area contributed by atoms with Crippen LogP contribution in [0.2, 0.25) is 0 Å². The minimum absolute atomic E-state index is 0.0388. The van der Waals surface area contributed by atoms with E-state index in [1.807, 2.05) is 44.2 Å². The molecule has 0 saturated carbocycles. The van der Waals surface area contributed by atoms with Crippen LogP contribution >= 0.6 is 0 Å². The SMILES string of the molecule is CC(C)COc1nn(-c2cccc(Oc3ccccc3)c2)c(=O)o1. The van der Waals surface area contributed by atoms with Crippen molar-refractivity contribution in [2.45, 2.75) is 13.8 Å². The van der Waals surface area contributed by atoms with Gasteiger partial charge in [-0.3, -0.25) is 0 Å². The molecule has 0 saturated heterocycles. The number of aromatic nitrogens is 2. The average Bonchev–Trinajstić information content (AvgIpc) is 2.95. The van der Waals surface area contributed by atoms with Gasteiger partial charge >= 0.3 is 11.8 Å². The van der Waals surface area contributed by atoms with Crippen LogP contribution in [0.25, 0.3) is 5.69 Å². The number of rotatable bonds is 6. The average molecular weight is 326 g/mol. The predicted octanol–water partition coefficient (Wildman–Crippen LogP) is 3.65. The largest absolute Gasteiger partial charge is 0.457 e. The highest BCUT2D eigenvalue weighted by Gasteiger charge is 2.12. The van der Waals surface area contributed by atoms with E-state index in [0.29, 0.717) is 29.7 Å². The molecule has 3 rings (SSSR count). The molecule has 124 valence electrons. The number of nitrogens with zero attached hydrogens (tertiary/aromatic N) is 2. The van der Waals surface area contributed by atoms with Gasteiger partial charge in [-0.05, 0) is 30.2 Å². The second-order valence-corrected chi connectivity index (χ2v) is 5.66. The maximum atomic E-state index is 12.0.